The highest BCUT2D eigenvalue weighted by molar-refractivity contribution is 5.74. The minimum Gasteiger partial charge on any atom is -0.307 e. The number of nitrogens with zero attached hydrogens (tertiary/aromatic N) is 3. The largest absolute Gasteiger partial charge is 0.307 e. The van der Waals surface area contributed by atoms with Crippen LogP contribution in [0.4, 0.5) is 4.39 Å². The van der Waals surface area contributed by atoms with E-state index in [1.807, 2.05) is 0 Å². The molecule has 5 rings (SSSR count). The van der Waals surface area contributed by atoms with Gasteiger partial charge in [-0.3, -0.25) is 4.79 Å². The van der Waals surface area contributed by atoms with Crippen LogP contribution in [0.15, 0.2) is 23.1 Å². The summed E-state index contributed by atoms with van der Waals surface area (Å²) in [6.07, 6.45) is 5.02. The predicted molar refractivity (Wildman–Crippen MR) is 93.0 cm³/mol. The molecule has 1 N–H and O–H groups in total. The number of hydrogen-bond acceptors (Lipinski definition) is 3. The molecule has 128 valence electrons. The molecule has 2 fully saturated rings. The molecular weight excluding hydrogens is 319 g/mol. The second kappa shape index (κ2) is 4.77. The molecular formula is C19H19FN4O. The molecule has 2 aliphatic rings. The van der Waals surface area contributed by atoms with E-state index in [2.05, 4.69) is 41.0 Å². The van der Waals surface area contributed by atoms with Crippen molar-refractivity contribution in [2.24, 2.45) is 0 Å². The summed E-state index contributed by atoms with van der Waals surface area (Å²) in [6, 6.07) is 4.41. The van der Waals surface area contributed by atoms with E-state index in [9.17, 15) is 9.18 Å². The van der Waals surface area contributed by atoms with Crippen molar-refractivity contribution in [3.63, 3.8) is 0 Å². The molecule has 0 atom stereocenters. The van der Waals surface area contributed by atoms with E-state index in [0.717, 1.165) is 16.8 Å². The fourth-order valence-corrected chi connectivity index (χ4v) is 3.59. The fraction of sp³-hybridized carbons (Fsp3) is 0.421. The number of halogens is 1. The molecule has 2 aromatic heterocycles. The highest BCUT2D eigenvalue weighted by atomic mass is 19.1. The van der Waals surface area contributed by atoms with Crippen molar-refractivity contribution in [2.45, 2.75) is 51.1 Å². The van der Waals surface area contributed by atoms with Gasteiger partial charge in [0, 0.05) is 6.20 Å². The van der Waals surface area contributed by atoms with Crippen LogP contribution in [0, 0.1) is 13.8 Å². The summed E-state index contributed by atoms with van der Waals surface area (Å²) in [5.74, 6) is 0.794. The average Bonchev–Trinajstić information content (AvgIpc) is 3.47. The molecule has 0 bridgehead atoms. The van der Waals surface area contributed by atoms with Crippen LogP contribution in [0.2, 0.25) is 0 Å². The van der Waals surface area contributed by atoms with E-state index < -0.39 is 5.67 Å². The van der Waals surface area contributed by atoms with Gasteiger partial charge in [-0.05, 0) is 62.1 Å². The third-order valence-corrected chi connectivity index (χ3v) is 5.29. The van der Waals surface area contributed by atoms with Crippen LogP contribution in [0.5, 0.6) is 0 Å². The van der Waals surface area contributed by atoms with Crippen molar-refractivity contribution >= 4 is 11.0 Å². The Morgan fingerprint density at radius 1 is 1.24 bits per heavy atom. The van der Waals surface area contributed by atoms with Crippen molar-refractivity contribution < 1.29 is 4.39 Å². The molecule has 0 amide bonds. The van der Waals surface area contributed by atoms with E-state index in [0.29, 0.717) is 29.8 Å². The monoisotopic (exact) mass is 338 g/mol. The van der Waals surface area contributed by atoms with Gasteiger partial charge in [-0.1, -0.05) is 12.1 Å². The molecule has 0 unspecified atom stereocenters. The molecule has 5 nitrogen and oxygen atoms in total. The number of rotatable bonds is 3. The van der Waals surface area contributed by atoms with Crippen molar-refractivity contribution in [3.05, 3.63) is 51.2 Å². The Labute approximate surface area is 143 Å². The van der Waals surface area contributed by atoms with Gasteiger partial charge in [0.05, 0.1) is 5.69 Å². The van der Waals surface area contributed by atoms with Crippen LogP contribution in [-0.2, 0) is 5.67 Å². The summed E-state index contributed by atoms with van der Waals surface area (Å²) in [5.41, 5.74) is 3.07. The first-order valence-electron chi connectivity index (χ1n) is 8.75. The van der Waals surface area contributed by atoms with E-state index >= 15 is 0 Å². The van der Waals surface area contributed by atoms with Crippen LogP contribution in [0.1, 0.15) is 54.1 Å². The minimum atomic E-state index is -1.48. The topological polar surface area (TPSA) is 63.6 Å². The van der Waals surface area contributed by atoms with Gasteiger partial charge in [-0.15, -0.1) is 5.10 Å². The molecule has 0 spiro atoms. The third-order valence-electron chi connectivity index (χ3n) is 5.29. The smallest absolute Gasteiger partial charge is 0.262 e. The van der Waals surface area contributed by atoms with Crippen LogP contribution in [0.25, 0.3) is 16.7 Å². The van der Waals surface area contributed by atoms with Crippen molar-refractivity contribution in [2.75, 3.05) is 0 Å². The Hall–Kier alpha value is -2.50. The lowest BCUT2D eigenvalue weighted by atomic mass is 10.0. The maximum Gasteiger partial charge on any atom is 0.262 e. The van der Waals surface area contributed by atoms with Crippen LogP contribution in [-0.4, -0.2) is 19.7 Å². The van der Waals surface area contributed by atoms with Gasteiger partial charge in [0.2, 0.25) is 0 Å². The standard InChI is InChI=1S/C19H19FN4O/c1-10-7-13(12-3-4-12)8-11(2)15(10)24-9-14-16(23-24)21-18(22-17(14)25)19(20)5-6-19/h7-9,12H,3-6H2,1-2H3,(H,21,22,23,25). The van der Waals surface area contributed by atoms with Crippen molar-refractivity contribution in [1.82, 2.24) is 19.7 Å². The molecule has 0 saturated heterocycles. The fourth-order valence-electron chi connectivity index (χ4n) is 3.59. The van der Waals surface area contributed by atoms with Gasteiger partial charge in [-0.2, -0.15) is 0 Å². The van der Waals surface area contributed by atoms with Gasteiger partial charge < -0.3 is 4.98 Å². The lowest BCUT2D eigenvalue weighted by Crippen LogP contribution is -2.15. The minimum absolute atomic E-state index is 0.104. The predicted octanol–water partition coefficient (Wildman–Crippen LogP) is 3.56. The second-order valence-electron chi connectivity index (χ2n) is 7.47. The molecule has 2 heterocycles. The van der Waals surface area contributed by atoms with Crippen molar-refractivity contribution in [3.8, 4) is 5.69 Å². The maximum atomic E-state index is 14.3. The van der Waals surface area contributed by atoms with Crippen LogP contribution < -0.4 is 5.56 Å². The lowest BCUT2D eigenvalue weighted by Gasteiger charge is -2.12. The highest BCUT2D eigenvalue weighted by Gasteiger charge is 2.48. The molecule has 2 aliphatic carbocycles. The molecule has 2 saturated carbocycles. The van der Waals surface area contributed by atoms with E-state index in [1.165, 1.54) is 18.4 Å². The van der Waals surface area contributed by atoms with Crippen molar-refractivity contribution in [1.29, 1.82) is 0 Å². The molecule has 25 heavy (non-hydrogen) atoms. The zero-order chi connectivity index (χ0) is 17.3. The summed E-state index contributed by atoms with van der Waals surface area (Å²) < 4.78 is 16.0. The summed E-state index contributed by atoms with van der Waals surface area (Å²) >= 11 is 0. The first kappa shape index (κ1) is 14.8. The summed E-state index contributed by atoms with van der Waals surface area (Å²) in [6.45, 7) is 4.12. The van der Waals surface area contributed by atoms with E-state index in [-0.39, 0.29) is 11.4 Å². The summed E-state index contributed by atoms with van der Waals surface area (Å²) in [7, 11) is 0. The molecule has 1 aromatic carbocycles. The quantitative estimate of drug-likeness (QED) is 0.794. The van der Waals surface area contributed by atoms with E-state index in [4.69, 9.17) is 0 Å². The normalized spacial score (nSPS) is 18.7. The zero-order valence-electron chi connectivity index (χ0n) is 14.3. The Bertz CT molecular complexity index is 1050. The number of aryl methyl sites for hydroxylation is 2. The number of benzene rings is 1. The second-order valence-corrected chi connectivity index (χ2v) is 7.47. The number of hydrogen-bond donors (Lipinski definition) is 1. The van der Waals surface area contributed by atoms with Gasteiger partial charge in [-0.25, -0.2) is 14.1 Å². The van der Waals surface area contributed by atoms with Crippen LogP contribution >= 0.6 is 0 Å². The highest BCUT2D eigenvalue weighted by Crippen LogP contribution is 2.47. The SMILES string of the molecule is Cc1cc(C2CC2)cc(C)c1-n1cc2c(=O)[nH]c(C3(F)CC3)nc2n1. The molecule has 3 aromatic rings. The Morgan fingerprint density at radius 2 is 1.92 bits per heavy atom. The molecule has 6 heteroatoms. The Morgan fingerprint density at radius 3 is 2.52 bits per heavy atom. The van der Waals surface area contributed by atoms with Gasteiger partial charge in [0.25, 0.3) is 5.56 Å². The molecule has 0 aliphatic heterocycles. The number of fused-ring (bicyclic) bond motifs is 1. The number of H-pyrrole nitrogens is 1. The lowest BCUT2D eigenvalue weighted by molar-refractivity contribution is 0.300. The maximum absolute atomic E-state index is 14.3. The average molecular weight is 338 g/mol. The summed E-state index contributed by atoms with van der Waals surface area (Å²) in [5, 5.41) is 4.86. The third kappa shape index (κ3) is 2.31. The van der Waals surface area contributed by atoms with E-state index in [1.54, 1.807) is 10.9 Å². The zero-order valence-corrected chi connectivity index (χ0v) is 14.3. The number of aromatic nitrogens is 4. The number of nitrogens with one attached hydrogen (secondary N) is 1. The first-order chi connectivity index (χ1) is 11.9. The van der Waals surface area contributed by atoms with Gasteiger partial charge >= 0.3 is 0 Å². The van der Waals surface area contributed by atoms with Gasteiger partial charge in [0.15, 0.2) is 11.3 Å². The Balaban J connectivity index is 1.66. The first-order valence-corrected chi connectivity index (χ1v) is 8.75. The molecule has 0 radical (unpaired) electrons. The number of alkyl halides is 1. The number of aromatic amines is 1. The summed E-state index contributed by atoms with van der Waals surface area (Å²) in [4.78, 5) is 19.2. The van der Waals surface area contributed by atoms with Gasteiger partial charge in [0.1, 0.15) is 11.2 Å². The Kier molecular flexibility index (Phi) is 2.83. The van der Waals surface area contributed by atoms with Crippen LogP contribution in [0.3, 0.4) is 0 Å².